The van der Waals surface area contributed by atoms with E-state index in [1.807, 2.05) is 27.7 Å². The van der Waals surface area contributed by atoms with E-state index in [4.69, 9.17) is 13.8 Å². The van der Waals surface area contributed by atoms with Gasteiger partial charge in [-0.1, -0.05) is 24.2 Å². The normalized spacial score (nSPS) is 13.0. The van der Waals surface area contributed by atoms with Gasteiger partial charge in [-0.05, 0) is 27.2 Å². The largest absolute Gasteiger partial charge is 0.371 e. The maximum atomic E-state index is 5.47. The third-order valence-electron chi connectivity index (χ3n) is 4.02. The van der Waals surface area contributed by atoms with Gasteiger partial charge in [-0.3, -0.25) is 0 Å². The molecule has 0 spiro atoms. The van der Waals surface area contributed by atoms with Gasteiger partial charge in [-0.15, -0.1) is 0 Å². The summed E-state index contributed by atoms with van der Waals surface area (Å²) in [5, 5.41) is 14.5. The van der Waals surface area contributed by atoms with Gasteiger partial charge in [0.25, 0.3) is 0 Å². The molecule has 0 bridgehead atoms. The Morgan fingerprint density at radius 2 is 1.93 bits per heavy atom. The third kappa shape index (κ3) is 5.78. The number of nitrogens with zero attached hydrogens (tertiary/aromatic N) is 4. The molecule has 2 N–H and O–H groups in total. The lowest BCUT2D eigenvalue weighted by Gasteiger charge is -2.09. The van der Waals surface area contributed by atoms with Gasteiger partial charge >= 0.3 is 0 Å². The molecule has 0 aliphatic carbocycles. The number of ether oxygens (including phenoxy) is 1. The van der Waals surface area contributed by atoms with Crippen molar-refractivity contribution < 1.29 is 13.8 Å². The molecule has 0 aliphatic rings. The van der Waals surface area contributed by atoms with E-state index in [-0.39, 0.29) is 6.10 Å². The Morgan fingerprint density at radius 1 is 1.11 bits per heavy atom. The highest BCUT2D eigenvalue weighted by Gasteiger charge is 2.15. The Hall–Kier alpha value is -2.42. The average Bonchev–Trinajstić information content (AvgIpc) is 3.30. The van der Waals surface area contributed by atoms with Crippen molar-refractivity contribution in [3.8, 4) is 0 Å². The predicted molar refractivity (Wildman–Crippen MR) is 101 cm³/mol. The van der Waals surface area contributed by atoms with E-state index in [2.05, 4.69) is 37.8 Å². The van der Waals surface area contributed by atoms with Crippen LogP contribution in [0.4, 0.5) is 0 Å². The fraction of sp³-hybridized carbons (Fsp3) is 0.667. The molecule has 9 nitrogen and oxygen atoms in total. The van der Waals surface area contributed by atoms with Crippen molar-refractivity contribution in [2.75, 3.05) is 13.2 Å². The zero-order chi connectivity index (χ0) is 19.6. The van der Waals surface area contributed by atoms with Crippen LogP contribution >= 0.6 is 0 Å². The van der Waals surface area contributed by atoms with Gasteiger partial charge in [0.05, 0.1) is 18.8 Å². The molecule has 9 heteroatoms. The van der Waals surface area contributed by atoms with E-state index in [9.17, 15) is 0 Å². The van der Waals surface area contributed by atoms with Crippen LogP contribution in [-0.2, 0) is 30.7 Å². The monoisotopic (exact) mass is 378 g/mol. The van der Waals surface area contributed by atoms with E-state index < -0.39 is 0 Å². The molecular weight excluding hydrogens is 348 g/mol. The van der Waals surface area contributed by atoms with Crippen molar-refractivity contribution in [2.45, 2.75) is 66.7 Å². The Morgan fingerprint density at radius 3 is 2.59 bits per heavy atom. The van der Waals surface area contributed by atoms with Crippen molar-refractivity contribution in [1.29, 1.82) is 0 Å². The molecular formula is C18H30N6O3. The molecule has 2 aromatic rings. The summed E-state index contributed by atoms with van der Waals surface area (Å²) < 4.78 is 16.1. The summed E-state index contributed by atoms with van der Waals surface area (Å²) in [4.78, 5) is 8.99. The summed E-state index contributed by atoms with van der Waals surface area (Å²) in [6.45, 7) is 12.2. The van der Waals surface area contributed by atoms with Gasteiger partial charge in [0.15, 0.2) is 11.8 Å². The first kappa shape index (κ1) is 20.9. The summed E-state index contributed by atoms with van der Waals surface area (Å²) in [6.07, 6.45) is 1.43. The molecule has 0 aliphatic heterocycles. The third-order valence-corrected chi connectivity index (χ3v) is 4.02. The number of guanidine groups is 1. The minimum absolute atomic E-state index is 0.192. The molecule has 0 radical (unpaired) electrons. The Bertz CT molecular complexity index is 703. The van der Waals surface area contributed by atoms with Crippen molar-refractivity contribution in [3.63, 3.8) is 0 Å². The first-order chi connectivity index (χ1) is 13.1. The summed E-state index contributed by atoms with van der Waals surface area (Å²) >= 11 is 0. The van der Waals surface area contributed by atoms with Gasteiger partial charge in [-0.25, -0.2) is 4.99 Å². The summed E-state index contributed by atoms with van der Waals surface area (Å²) in [5.74, 6) is 2.58. The Labute approximate surface area is 159 Å². The van der Waals surface area contributed by atoms with Crippen molar-refractivity contribution in [1.82, 2.24) is 25.9 Å². The molecule has 0 aromatic carbocycles. The number of nitrogens with one attached hydrogen (secondary N) is 2. The van der Waals surface area contributed by atoms with Crippen LogP contribution in [0.2, 0.25) is 0 Å². The maximum absolute atomic E-state index is 5.47. The molecule has 0 saturated carbocycles. The fourth-order valence-electron chi connectivity index (χ4n) is 2.61. The number of hydrogen-bond donors (Lipinski definition) is 2. The quantitative estimate of drug-likeness (QED) is 0.479. The van der Waals surface area contributed by atoms with Crippen molar-refractivity contribution in [2.24, 2.45) is 4.99 Å². The number of aliphatic imine (C=N–C) groups is 1. The van der Waals surface area contributed by atoms with Crippen LogP contribution < -0.4 is 10.6 Å². The van der Waals surface area contributed by atoms with Gasteiger partial charge in [0.2, 0.25) is 5.89 Å². The lowest BCUT2D eigenvalue weighted by molar-refractivity contribution is 0.0683. The van der Waals surface area contributed by atoms with E-state index in [1.165, 1.54) is 0 Å². The van der Waals surface area contributed by atoms with Crippen LogP contribution in [-0.4, -0.2) is 34.4 Å². The molecule has 2 heterocycles. The Kier molecular flexibility index (Phi) is 8.25. The van der Waals surface area contributed by atoms with Gasteiger partial charge in [-0.2, -0.15) is 4.98 Å². The summed E-state index contributed by atoms with van der Waals surface area (Å²) in [6, 6.07) is 0. The lowest BCUT2D eigenvalue weighted by Crippen LogP contribution is -2.36. The molecule has 2 rings (SSSR count). The molecule has 150 valence electrons. The van der Waals surface area contributed by atoms with Crippen molar-refractivity contribution >= 4 is 5.96 Å². The second-order valence-corrected chi connectivity index (χ2v) is 5.93. The van der Waals surface area contributed by atoms with E-state index in [0.29, 0.717) is 37.4 Å². The van der Waals surface area contributed by atoms with Crippen LogP contribution in [0.1, 0.15) is 69.5 Å². The average molecular weight is 378 g/mol. The molecule has 2 aromatic heterocycles. The molecule has 0 saturated heterocycles. The maximum Gasteiger partial charge on any atom is 0.246 e. The van der Waals surface area contributed by atoms with E-state index in [1.54, 1.807) is 0 Å². The zero-order valence-electron chi connectivity index (χ0n) is 16.8. The van der Waals surface area contributed by atoms with Crippen LogP contribution in [0, 0.1) is 0 Å². The highest BCUT2D eigenvalue weighted by molar-refractivity contribution is 5.79. The lowest BCUT2D eigenvalue weighted by atomic mass is 10.1. The fourth-order valence-corrected chi connectivity index (χ4v) is 2.61. The number of rotatable bonds is 10. The molecule has 27 heavy (non-hydrogen) atoms. The first-order valence-electron chi connectivity index (χ1n) is 9.55. The van der Waals surface area contributed by atoms with E-state index >= 15 is 0 Å². The smallest absolute Gasteiger partial charge is 0.246 e. The zero-order valence-corrected chi connectivity index (χ0v) is 16.8. The predicted octanol–water partition coefficient (Wildman–Crippen LogP) is 2.54. The second-order valence-electron chi connectivity index (χ2n) is 5.93. The first-order valence-corrected chi connectivity index (χ1v) is 9.55. The van der Waals surface area contributed by atoms with Crippen LogP contribution in [0.5, 0.6) is 0 Å². The topological polar surface area (TPSA) is 111 Å². The second kappa shape index (κ2) is 10.7. The molecule has 1 unspecified atom stereocenters. The molecule has 1 atom stereocenters. The molecule has 0 fully saturated rings. The SMILES string of the molecule is CCNC(=NCc1c(CC)noc1CC)NCc1nc(C(C)OCC)no1. The van der Waals surface area contributed by atoms with Crippen LogP contribution in [0.25, 0.3) is 0 Å². The number of aromatic nitrogens is 3. The summed E-state index contributed by atoms with van der Waals surface area (Å²) in [5.41, 5.74) is 2.01. The number of hydrogen-bond acceptors (Lipinski definition) is 7. The Balaban J connectivity index is 2.01. The standard InChI is InChI=1S/C18H30N6O3/c1-6-14-13(15(7-2)26-23-14)10-20-18(19-8-3)21-11-16-22-17(24-27-16)12(5)25-9-4/h12H,6-11H2,1-5H3,(H2,19,20,21). The summed E-state index contributed by atoms with van der Waals surface area (Å²) in [7, 11) is 0. The minimum Gasteiger partial charge on any atom is -0.371 e. The van der Waals surface area contributed by atoms with Gasteiger partial charge < -0.3 is 24.4 Å². The molecule has 0 amide bonds. The van der Waals surface area contributed by atoms with Gasteiger partial charge in [0, 0.05) is 25.1 Å². The minimum atomic E-state index is -0.192. The highest BCUT2D eigenvalue weighted by atomic mass is 16.5. The van der Waals surface area contributed by atoms with Crippen molar-refractivity contribution in [3.05, 3.63) is 28.7 Å². The van der Waals surface area contributed by atoms with Crippen LogP contribution in [0.3, 0.4) is 0 Å². The van der Waals surface area contributed by atoms with Gasteiger partial charge in [0.1, 0.15) is 11.9 Å². The number of aryl methyl sites for hydroxylation is 2. The van der Waals surface area contributed by atoms with E-state index in [0.717, 1.165) is 36.4 Å². The van der Waals surface area contributed by atoms with Crippen LogP contribution in [0.15, 0.2) is 14.0 Å². The highest BCUT2D eigenvalue weighted by Crippen LogP contribution is 2.17.